The highest BCUT2D eigenvalue weighted by Crippen LogP contribution is 2.28. The first-order valence-electron chi connectivity index (χ1n) is 10.5. The van der Waals surface area contributed by atoms with Crippen LogP contribution < -0.4 is 0 Å². The van der Waals surface area contributed by atoms with Gasteiger partial charge in [-0.05, 0) is 60.9 Å². The maximum absolute atomic E-state index is 14.3. The second-order valence-electron chi connectivity index (χ2n) is 7.84. The summed E-state index contributed by atoms with van der Waals surface area (Å²) >= 11 is 6.19. The van der Waals surface area contributed by atoms with Crippen LogP contribution in [-0.2, 0) is 11.2 Å². The molecule has 1 aliphatic rings. The number of amides is 1. The first-order chi connectivity index (χ1) is 15.0. The number of ether oxygens (including phenoxy) is 1. The van der Waals surface area contributed by atoms with Gasteiger partial charge in [-0.1, -0.05) is 54.4 Å². The Hall–Kier alpha value is -2.84. The Morgan fingerprint density at radius 1 is 1.35 bits per heavy atom. The zero-order valence-electron chi connectivity index (χ0n) is 17.6. The standard InChI is InChI=1S/C25H26ClFN2O2/c1-2-11-31-25(30)29-10-9-19(17-29)13-20(14-21-5-3-4-6-24(21)27)12-18-7-8-22(16-28)23(26)15-18/h3-8,12,15,19H,2,9-11,13-14,17H2,1H3. The predicted octanol–water partition coefficient (Wildman–Crippen LogP) is 6.24. The van der Waals surface area contributed by atoms with E-state index in [9.17, 15) is 9.18 Å². The molecule has 2 aromatic rings. The third-order valence-corrected chi connectivity index (χ3v) is 5.70. The van der Waals surface area contributed by atoms with Gasteiger partial charge in [0.1, 0.15) is 11.9 Å². The molecule has 1 saturated heterocycles. The summed E-state index contributed by atoms with van der Waals surface area (Å²) in [6, 6.07) is 14.1. The Balaban J connectivity index is 1.78. The highest BCUT2D eigenvalue weighted by Gasteiger charge is 2.27. The number of rotatable bonds is 7. The first-order valence-corrected chi connectivity index (χ1v) is 10.9. The van der Waals surface area contributed by atoms with Crippen LogP contribution in [0, 0.1) is 23.1 Å². The molecule has 0 radical (unpaired) electrons. The van der Waals surface area contributed by atoms with Gasteiger partial charge in [0.25, 0.3) is 0 Å². The Labute approximate surface area is 187 Å². The van der Waals surface area contributed by atoms with E-state index in [0.29, 0.717) is 42.3 Å². The molecule has 162 valence electrons. The molecule has 1 aliphatic heterocycles. The van der Waals surface area contributed by atoms with Crippen LogP contribution in [0.25, 0.3) is 6.08 Å². The first kappa shape index (κ1) is 22.8. The van der Waals surface area contributed by atoms with Crippen LogP contribution in [-0.4, -0.2) is 30.7 Å². The summed E-state index contributed by atoms with van der Waals surface area (Å²) in [5, 5.41) is 9.49. The van der Waals surface area contributed by atoms with Crippen LogP contribution in [0.2, 0.25) is 5.02 Å². The topological polar surface area (TPSA) is 53.3 Å². The normalized spacial score (nSPS) is 16.3. The quantitative estimate of drug-likeness (QED) is 0.512. The third kappa shape index (κ3) is 6.32. The van der Waals surface area contributed by atoms with Crippen molar-refractivity contribution < 1.29 is 13.9 Å². The average molecular weight is 441 g/mol. The summed E-state index contributed by atoms with van der Waals surface area (Å²) < 4.78 is 19.5. The second kappa shape index (κ2) is 11.0. The molecule has 0 bridgehead atoms. The van der Waals surface area contributed by atoms with Gasteiger partial charge in [-0.15, -0.1) is 0 Å². The number of benzene rings is 2. The smallest absolute Gasteiger partial charge is 0.409 e. The maximum Gasteiger partial charge on any atom is 0.409 e. The molecule has 6 heteroatoms. The van der Waals surface area contributed by atoms with Crippen LogP contribution in [0.5, 0.6) is 0 Å². The van der Waals surface area contributed by atoms with Gasteiger partial charge in [-0.3, -0.25) is 0 Å². The second-order valence-corrected chi connectivity index (χ2v) is 8.25. The molecule has 1 amide bonds. The van der Waals surface area contributed by atoms with Crippen molar-refractivity contribution in [2.24, 2.45) is 5.92 Å². The Bertz CT molecular complexity index is 999. The number of carbonyl (C=O) groups is 1. The Kier molecular flexibility index (Phi) is 8.08. The molecule has 0 saturated carbocycles. The van der Waals surface area contributed by atoms with Crippen molar-refractivity contribution in [3.8, 4) is 6.07 Å². The fraction of sp³-hybridized carbons (Fsp3) is 0.360. The minimum absolute atomic E-state index is 0.234. The van der Waals surface area contributed by atoms with Crippen LogP contribution in [0.1, 0.15) is 42.9 Å². The number of hydrogen-bond acceptors (Lipinski definition) is 3. The molecule has 1 atom stereocenters. The summed E-state index contributed by atoms with van der Waals surface area (Å²) in [4.78, 5) is 13.9. The molecule has 4 nitrogen and oxygen atoms in total. The van der Waals surface area contributed by atoms with E-state index in [1.165, 1.54) is 6.07 Å². The van der Waals surface area contributed by atoms with Gasteiger partial charge in [0.15, 0.2) is 0 Å². The monoisotopic (exact) mass is 440 g/mol. The highest BCUT2D eigenvalue weighted by atomic mass is 35.5. The molecule has 2 aromatic carbocycles. The summed E-state index contributed by atoms with van der Waals surface area (Å²) in [6.45, 7) is 3.70. The molecule has 0 aromatic heterocycles. The number of nitrogens with zero attached hydrogens (tertiary/aromatic N) is 2. The minimum Gasteiger partial charge on any atom is -0.449 e. The van der Waals surface area contributed by atoms with Crippen LogP contribution >= 0.6 is 11.6 Å². The molecule has 0 aliphatic carbocycles. The molecule has 0 spiro atoms. The summed E-state index contributed by atoms with van der Waals surface area (Å²) in [6.07, 6.45) is 4.64. The number of carbonyl (C=O) groups excluding carboxylic acids is 1. The fourth-order valence-electron chi connectivity index (χ4n) is 3.83. The van der Waals surface area contributed by atoms with Gasteiger partial charge < -0.3 is 9.64 Å². The lowest BCUT2D eigenvalue weighted by Gasteiger charge is -2.17. The SMILES string of the molecule is CCCOC(=O)N1CCC(CC(=Cc2ccc(C#N)c(Cl)c2)Cc2ccccc2F)C1. The maximum atomic E-state index is 14.3. The van der Waals surface area contributed by atoms with E-state index in [2.05, 4.69) is 6.07 Å². The molecular weight excluding hydrogens is 415 g/mol. The van der Waals surface area contributed by atoms with Gasteiger partial charge >= 0.3 is 6.09 Å². The van der Waals surface area contributed by atoms with Crippen molar-refractivity contribution in [1.29, 1.82) is 5.26 Å². The molecule has 1 unspecified atom stereocenters. The molecule has 1 fully saturated rings. The van der Waals surface area contributed by atoms with Gasteiger partial charge in [-0.25, -0.2) is 9.18 Å². The lowest BCUT2D eigenvalue weighted by Crippen LogP contribution is -2.29. The molecule has 0 N–H and O–H groups in total. The van der Waals surface area contributed by atoms with Crippen molar-refractivity contribution in [3.05, 3.63) is 75.6 Å². The van der Waals surface area contributed by atoms with Gasteiger partial charge in [-0.2, -0.15) is 5.26 Å². The number of likely N-dealkylation sites (tertiary alicyclic amines) is 1. The number of allylic oxidation sites excluding steroid dienone is 1. The van der Waals surface area contributed by atoms with E-state index in [4.69, 9.17) is 21.6 Å². The average Bonchev–Trinajstić information content (AvgIpc) is 3.22. The molecular formula is C25H26ClFN2O2. The van der Waals surface area contributed by atoms with Crippen LogP contribution in [0.4, 0.5) is 9.18 Å². The van der Waals surface area contributed by atoms with Crippen LogP contribution in [0.3, 0.4) is 0 Å². The molecule has 3 rings (SSSR count). The zero-order valence-corrected chi connectivity index (χ0v) is 18.4. The van der Waals surface area contributed by atoms with Crippen molar-refractivity contribution in [2.45, 2.75) is 32.6 Å². The van der Waals surface area contributed by atoms with Crippen molar-refractivity contribution >= 4 is 23.8 Å². The van der Waals surface area contributed by atoms with E-state index < -0.39 is 0 Å². The van der Waals surface area contributed by atoms with E-state index >= 15 is 0 Å². The summed E-state index contributed by atoms with van der Waals surface area (Å²) in [5.41, 5.74) is 2.98. The lowest BCUT2D eigenvalue weighted by atomic mass is 9.92. The third-order valence-electron chi connectivity index (χ3n) is 5.38. The van der Waals surface area contributed by atoms with Crippen molar-refractivity contribution in [3.63, 3.8) is 0 Å². The number of hydrogen-bond donors (Lipinski definition) is 0. The fourth-order valence-corrected chi connectivity index (χ4v) is 4.06. The largest absolute Gasteiger partial charge is 0.449 e. The Morgan fingerprint density at radius 2 is 2.16 bits per heavy atom. The Morgan fingerprint density at radius 3 is 2.87 bits per heavy atom. The van der Waals surface area contributed by atoms with E-state index in [1.54, 1.807) is 29.2 Å². The lowest BCUT2D eigenvalue weighted by molar-refractivity contribution is 0.109. The van der Waals surface area contributed by atoms with Crippen molar-refractivity contribution in [1.82, 2.24) is 4.90 Å². The van der Waals surface area contributed by atoms with E-state index in [1.807, 2.05) is 25.1 Å². The van der Waals surface area contributed by atoms with Gasteiger partial charge in [0.2, 0.25) is 0 Å². The summed E-state index contributed by atoms with van der Waals surface area (Å²) in [5.74, 6) is 0.0449. The zero-order chi connectivity index (χ0) is 22.2. The molecule has 1 heterocycles. The van der Waals surface area contributed by atoms with E-state index in [0.717, 1.165) is 30.4 Å². The van der Waals surface area contributed by atoms with Gasteiger partial charge in [0.05, 0.1) is 17.2 Å². The number of nitriles is 1. The van der Waals surface area contributed by atoms with E-state index in [-0.39, 0.29) is 17.8 Å². The number of halogens is 2. The van der Waals surface area contributed by atoms with Gasteiger partial charge in [0, 0.05) is 13.1 Å². The van der Waals surface area contributed by atoms with Crippen molar-refractivity contribution in [2.75, 3.05) is 19.7 Å². The summed E-state index contributed by atoms with van der Waals surface area (Å²) in [7, 11) is 0. The van der Waals surface area contributed by atoms with Crippen LogP contribution in [0.15, 0.2) is 48.0 Å². The minimum atomic E-state index is -0.261. The highest BCUT2D eigenvalue weighted by molar-refractivity contribution is 6.31. The molecule has 31 heavy (non-hydrogen) atoms. The predicted molar refractivity (Wildman–Crippen MR) is 120 cm³/mol.